The number of carbonyl (C=O) groups excluding carboxylic acids is 1. The Morgan fingerprint density at radius 1 is 1.38 bits per heavy atom. The van der Waals surface area contributed by atoms with Crippen LogP contribution >= 0.6 is 0 Å². The molecule has 0 fully saturated rings. The standard InChI is InChI=1S/C16H21N3O2/c1-12(2)9-19-16(20)14(8-17)11-18-10-13-4-6-15(21-3)7-5-13/h4-7,11-12,18H,9-10H2,1-3H3,(H,19,20)/b14-11-. The van der Waals surface area contributed by atoms with Gasteiger partial charge in [0.2, 0.25) is 0 Å². The monoisotopic (exact) mass is 287 g/mol. The van der Waals surface area contributed by atoms with Crippen molar-refractivity contribution in [2.45, 2.75) is 20.4 Å². The van der Waals surface area contributed by atoms with Gasteiger partial charge in [-0.15, -0.1) is 0 Å². The number of hydrogen-bond donors (Lipinski definition) is 2. The number of nitrogens with zero attached hydrogens (tertiary/aromatic N) is 1. The number of carbonyl (C=O) groups is 1. The molecule has 21 heavy (non-hydrogen) atoms. The Balaban J connectivity index is 2.52. The minimum Gasteiger partial charge on any atom is -0.497 e. The van der Waals surface area contributed by atoms with Gasteiger partial charge in [-0.25, -0.2) is 0 Å². The molecule has 0 heterocycles. The summed E-state index contributed by atoms with van der Waals surface area (Å²) < 4.78 is 5.08. The third-order valence-corrected chi connectivity index (χ3v) is 2.75. The van der Waals surface area contributed by atoms with E-state index in [2.05, 4.69) is 10.6 Å². The van der Waals surface area contributed by atoms with Crippen LogP contribution in [0.4, 0.5) is 0 Å². The molecular weight excluding hydrogens is 266 g/mol. The van der Waals surface area contributed by atoms with Crippen LogP contribution in [0.3, 0.4) is 0 Å². The lowest BCUT2D eigenvalue weighted by Crippen LogP contribution is -2.29. The molecule has 0 bridgehead atoms. The number of nitrogens with one attached hydrogen (secondary N) is 2. The van der Waals surface area contributed by atoms with Crippen molar-refractivity contribution in [1.29, 1.82) is 5.26 Å². The fraction of sp³-hybridized carbons (Fsp3) is 0.375. The molecule has 112 valence electrons. The fourth-order valence-corrected chi connectivity index (χ4v) is 1.55. The Hall–Kier alpha value is -2.48. The number of hydrogen-bond acceptors (Lipinski definition) is 4. The summed E-state index contributed by atoms with van der Waals surface area (Å²) in [7, 11) is 1.62. The van der Waals surface area contributed by atoms with Gasteiger partial charge < -0.3 is 15.4 Å². The van der Waals surface area contributed by atoms with Gasteiger partial charge in [0, 0.05) is 19.3 Å². The molecule has 0 aliphatic carbocycles. The van der Waals surface area contributed by atoms with E-state index in [0.717, 1.165) is 11.3 Å². The predicted molar refractivity (Wildman–Crippen MR) is 81.4 cm³/mol. The van der Waals surface area contributed by atoms with E-state index in [-0.39, 0.29) is 11.5 Å². The molecule has 5 nitrogen and oxygen atoms in total. The Morgan fingerprint density at radius 3 is 2.57 bits per heavy atom. The number of nitriles is 1. The van der Waals surface area contributed by atoms with Crippen LogP contribution in [0.15, 0.2) is 36.0 Å². The van der Waals surface area contributed by atoms with Gasteiger partial charge in [0.15, 0.2) is 0 Å². The SMILES string of the molecule is COc1ccc(CN/C=C(/C#N)C(=O)NCC(C)C)cc1. The Bertz CT molecular complexity index is 527. The largest absolute Gasteiger partial charge is 0.497 e. The summed E-state index contributed by atoms with van der Waals surface area (Å²) in [5.41, 5.74) is 1.11. The van der Waals surface area contributed by atoms with E-state index >= 15 is 0 Å². The van der Waals surface area contributed by atoms with Crippen LogP contribution in [0.25, 0.3) is 0 Å². The van der Waals surface area contributed by atoms with E-state index in [0.29, 0.717) is 19.0 Å². The van der Waals surface area contributed by atoms with Crippen molar-refractivity contribution in [2.24, 2.45) is 5.92 Å². The zero-order chi connectivity index (χ0) is 15.7. The van der Waals surface area contributed by atoms with Gasteiger partial charge >= 0.3 is 0 Å². The minimum absolute atomic E-state index is 0.0733. The lowest BCUT2D eigenvalue weighted by molar-refractivity contribution is -0.117. The van der Waals surface area contributed by atoms with E-state index in [1.807, 2.05) is 44.2 Å². The molecule has 1 amide bonds. The molecule has 0 saturated heterocycles. The van der Waals surface area contributed by atoms with Gasteiger partial charge in [0.1, 0.15) is 17.4 Å². The van der Waals surface area contributed by atoms with Crippen molar-refractivity contribution < 1.29 is 9.53 Å². The smallest absolute Gasteiger partial charge is 0.263 e. The number of amides is 1. The lowest BCUT2D eigenvalue weighted by atomic mass is 10.2. The maximum atomic E-state index is 11.7. The van der Waals surface area contributed by atoms with Crippen LogP contribution in [0.2, 0.25) is 0 Å². The molecule has 0 radical (unpaired) electrons. The second kappa shape index (κ2) is 8.64. The van der Waals surface area contributed by atoms with Crippen molar-refractivity contribution in [3.05, 3.63) is 41.6 Å². The first-order valence-electron chi connectivity index (χ1n) is 6.81. The topological polar surface area (TPSA) is 74.1 Å². The second-order valence-corrected chi connectivity index (χ2v) is 5.00. The van der Waals surface area contributed by atoms with Gasteiger partial charge in [-0.3, -0.25) is 4.79 Å². The van der Waals surface area contributed by atoms with Gasteiger partial charge in [-0.2, -0.15) is 5.26 Å². The summed E-state index contributed by atoms with van der Waals surface area (Å²) in [5, 5.41) is 14.7. The Morgan fingerprint density at radius 2 is 2.05 bits per heavy atom. The number of methoxy groups -OCH3 is 1. The summed E-state index contributed by atoms with van der Waals surface area (Å²) in [4.78, 5) is 11.7. The van der Waals surface area contributed by atoms with Gasteiger partial charge in [0.05, 0.1) is 7.11 Å². The highest BCUT2D eigenvalue weighted by Gasteiger charge is 2.08. The Kier molecular flexibility index (Phi) is 6.82. The highest BCUT2D eigenvalue weighted by Crippen LogP contribution is 2.10. The van der Waals surface area contributed by atoms with Crippen LogP contribution in [-0.2, 0) is 11.3 Å². The number of rotatable bonds is 7. The Labute approximate surface area is 125 Å². The molecule has 0 aromatic heterocycles. The molecular formula is C16H21N3O2. The average molecular weight is 287 g/mol. The van der Waals surface area contributed by atoms with Crippen molar-refractivity contribution in [3.63, 3.8) is 0 Å². The average Bonchev–Trinajstić information content (AvgIpc) is 2.49. The van der Waals surface area contributed by atoms with E-state index in [1.165, 1.54) is 6.20 Å². The molecule has 0 aliphatic rings. The van der Waals surface area contributed by atoms with Gasteiger partial charge in [0.25, 0.3) is 5.91 Å². The van der Waals surface area contributed by atoms with Crippen LogP contribution in [0.5, 0.6) is 5.75 Å². The maximum absolute atomic E-state index is 11.7. The molecule has 5 heteroatoms. The van der Waals surface area contributed by atoms with Crippen molar-refractivity contribution in [2.75, 3.05) is 13.7 Å². The van der Waals surface area contributed by atoms with E-state index < -0.39 is 0 Å². The first kappa shape index (κ1) is 16.6. The molecule has 1 aromatic rings. The zero-order valence-electron chi connectivity index (χ0n) is 12.6. The van der Waals surface area contributed by atoms with Gasteiger partial charge in [-0.1, -0.05) is 26.0 Å². The lowest BCUT2D eigenvalue weighted by Gasteiger charge is -2.07. The second-order valence-electron chi connectivity index (χ2n) is 5.00. The van der Waals surface area contributed by atoms with Crippen LogP contribution in [0, 0.1) is 17.2 Å². The third-order valence-electron chi connectivity index (χ3n) is 2.75. The van der Waals surface area contributed by atoms with Crippen LogP contribution in [0.1, 0.15) is 19.4 Å². The summed E-state index contributed by atoms with van der Waals surface area (Å²) in [6.45, 7) is 5.08. The molecule has 1 rings (SSSR count). The van der Waals surface area contributed by atoms with Crippen LogP contribution < -0.4 is 15.4 Å². The number of benzene rings is 1. The highest BCUT2D eigenvalue weighted by atomic mass is 16.5. The van der Waals surface area contributed by atoms with E-state index in [4.69, 9.17) is 10.00 Å². The van der Waals surface area contributed by atoms with Gasteiger partial charge in [-0.05, 0) is 23.6 Å². The maximum Gasteiger partial charge on any atom is 0.263 e. The highest BCUT2D eigenvalue weighted by molar-refractivity contribution is 5.97. The molecule has 0 saturated carbocycles. The molecule has 0 aliphatic heterocycles. The van der Waals surface area contributed by atoms with Crippen molar-refractivity contribution in [1.82, 2.24) is 10.6 Å². The quantitative estimate of drug-likeness (QED) is 0.594. The summed E-state index contributed by atoms with van der Waals surface area (Å²) >= 11 is 0. The first-order valence-corrected chi connectivity index (χ1v) is 6.81. The molecule has 0 unspecified atom stereocenters. The van der Waals surface area contributed by atoms with Crippen molar-refractivity contribution >= 4 is 5.91 Å². The minimum atomic E-state index is -0.353. The zero-order valence-corrected chi connectivity index (χ0v) is 12.6. The summed E-state index contributed by atoms with van der Waals surface area (Å²) in [6.07, 6.45) is 1.44. The molecule has 0 atom stereocenters. The fourth-order valence-electron chi connectivity index (χ4n) is 1.55. The molecule has 1 aromatic carbocycles. The summed E-state index contributed by atoms with van der Waals surface area (Å²) in [5.74, 6) is 0.787. The normalized spacial score (nSPS) is 10.9. The predicted octanol–water partition coefficient (Wildman–Crippen LogP) is 1.96. The third kappa shape index (κ3) is 6.00. The molecule has 2 N–H and O–H groups in total. The van der Waals surface area contributed by atoms with E-state index in [1.54, 1.807) is 7.11 Å². The van der Waals surface area contributed by atoms with E-state index in [9.17, 15) is 4.79 Å². The van der Waals surface area contributed by atoms with Crippen LogP contribution in [-0.4, -0.2) is 19.6 Å². The molecule has 0 spiro atoms. The number of ether oxygens (including phenoxy) is 1. The van der Waals surface area contributed by atoms with Crippen molar-refractivity contribution in [3.8, 4) is 11.8 Å². The summed E-state index contributed by atoms with van der Waals surface area (Å²) in [6, 6.07) is 9.46. The first-order chi connectivity index (χ1) is 10.1.